The van der Waals surface area contributed by atoms with Gasteiger partial charge in [0.2, 0.25) is 5.70 Å². The summed E-state index contributed by atoms with van der Waals surface area (Å²) in [5, 5.41) is 23.1. The minimum atomic E-state index is -0.659. The van der Waals surface area contributed by atoms with Crippen LogP contribution in [0, 0.1) is 51.4 Å². The predicted octanol–water partition coefficient (Wildman–Crippen LogP) is 5.49. The summed E-state index contributed by atoms with van der Waals surface area (Å²) >= 11 is 0. The van der Waals surface area contributed by atoms with Gasteiger partial charge in [0.05, 0.1) is 19.7 Å². The van der Waals surface area contributed by atoms with Gasteiger partial charge in [0.15, 0.2) is 17.4 Å². The first-order chi connectivity index (χ1) is 19.1. The maximum absolute atomic E-state index is 14.7. The second-order valence-electron chi connectivity index (χ2n) is 15.8. The molecule has 3 fully saturated rings. The summed E-state index contributed by atoms with van der Waals surface area (Å²) < 4.78 is 0. The van der Waals surface area contributed by atoms with E-state index in [0.717, 1.165) is 56.3 Å². The summed E-state index contributed by atoms with van der Waals surface area (Å²) in [6, 6.07) is 0. The van der Waals surface area contributed by atoms with E-state index in [1.54, 1.807) is 0 Å². The molecule has 41 heavy (non-hydrogen) atoms. The van der Waals surface area contributed by atoms with Gasteiger partial charge in [0.1, 0.15) is 0 Å². The highest BCUT2D eigenvalue weighted by Crippen LogP contribution is 2.74. The minimum absolute atomic E-state index is 0.0438. The van der Waals surface area contributed by atoms with Crippen molar-refractivity contribution in [1.29, 1.82) is 0 Å². The van der Waals surface area contributed by atoms with Crippen LogP contribution in [-0.4, -0.2) is 43.5 Å². The average molecular weight is 560 g/mol. The number of carbonyl (C=O) groups excluding carboxylic acids is 2. The Bertz CT molecular complexity index is 1430. The van der Waals surface area contributed by atoms with Crippen LogP contribution in [0.15, 0.2) is 23.4 Å². The summed E-state index contributed by atoms with van der Waals surface area (Å²) in [7, 11) is 0. The Balaban J connectivity index is 1.51. The fourth-order valence-corrected chi connectivity index (χ4v) is 10.6. The van der Waals surface area contributed by atoms with Crippen molar-refractivity contribution in [2.45, 2.75) is 105 Å². The monoisotopic (exact) mass is 559 g/mol. The maximum atomic E-state index is 14.7. The standard InChI is InChI=1S/C33H45N5O3/c1-28(2)11-13-33(27-35-37-38(36-27)15-16-39)14-12-32(7)25(20(33)18-28)22(40)17-24-30(5)19-21(34-8)26(41)29(3,4)23(30)9-10-31(24,32)6/h17,19-20,23,25,39H,9-16,18H2,1-7H3/t20-,23-,25-,30-,31+,32+,33-/m0/s1. The minimum Gasteiger partial charge on any atom is -0.394 e. The number of nitrogens with zero attached hydrogens (tertiary/aromatic N) is 5. The number of aromatic nitrogens is 4. The van der Waals surface area contributed by atoms with Crippen molar-refractivity contribution >= 4 is 11.6 Å². The first-order valence-corrected chi connectivity index (χ1v) is 15.4. The Morgan fingerprint density at radius 1 is 1.05 bits per heavy atom. The van der Waals surface area contributed by atoms with Gasteiger partial charge in [-0.15, -0.1) is 10.2 Å². The Morgan fingerprint density at radius 3 is 2.44 bits per heavy atom. The first-order valence-electron chi connectivity index (χ1n) is 15.4. The lowest BCUT2D eigenvalue weighted by molar-refractivity contribution is -0.160. The lowest BCUT2D eigenvalue weighted by Crippen LogP contribution is -2.65. The SMILES string of the molecule is [C-]#[N+]C1=C[C@]2(C)C3=CC(=O)[C@@H]4[C@@H]5CC(C)(C)CC[C@]5(c5nnn(CCO)n5)CC[C@@]4(C)[C@]3(C)CC[C@H]2C(C)(C)C1=O. The van der Waals surface area contributed by atoms with Crippen molar-refractivity contribution in [3.63, 3.8) is 0 Å². The van der Waals surface area contributed by atoms with Crippen LogP contribution < -0.4 is 0 Å². The summed E-state index contributed by atoms with van der Waals surface area (Å²) in [5.74, 6) is 0.805. The van der Waals surface area contributed by atoms with E-state index in [0.29, 0.717) is 6.54 Å². The van der Waals surface area contributed by atoms with Gasteiger partial charge in [0.25, 0.3) is 0 Å². The highest BCUT2D eigenvalue weighted by atomic mass is 16.3. The van der Waals surface area contributed by atoms with Crippen LogP contribution in [0.5, 0.6) is 0 Å². The van der Waals surface area contributed by atoms with Crippen LogP contribution in [0.3, 0.4) is 0 Å². The number of rotatable bonds is 3. The van der Waals surface area contributed by atoms with Crippen molar-refractivity contribution in [3.8, 4) is 0 Å². The van der Waals surface area contributed by atoms with Crippen molar-refractivity contribution in [2.24, 2.45) is 44.8 Å². The number of aliphatic hydroxyl groups excluding tert-OH is 1. The van der Waals surface area contributed by atoms with E-state index in [2.05, 4.69) is 49.8 Å². The van der Waals surface area contributed by atoms with Crippen LogP contribution in [0.2, 0.25) is 0 Å². The molecule has 7 atom stereocenters. The molecule has 0 aliphatic heterocycles. The molecule has 0 saturated heterocycles. The number of fused-ring (bicyclic) bond motifs is 7. The fourth-order valence-electron chi connectivity index (χ4n) is 10.6. The van der Waals surface area contributed by atoms with Gasteiger partial charge in [-0.25, -0.2) is 4.85 Å². The van der Waals surface area contributed by atoms with Crippen LogP contribution in [-0.2, 0) is 21.5 Å². The van der Waals surface area contributed by atoms with Crippen LogP contribution in [0.25, 0.3) is 4.85 Å². The van der Waals surface area contributed by atoms with Crippen molar-refractivity contribution < 1.29 is 14.7 Å². The first kappa shape index (κ1) is 28.5. The number of ketones is 2. The molecule has 8 nitrogen and oxygen atoms in total. The smallest absolute Gasteiger partial charge is 0.226 e. The number of allylic oxidation sites excluding steroid dienone is 4. The third-order valence-corrected chi connectivity index (χ3v) is 13.0. The lowest BCUT2D eigenvalue weighted by Gasteiger charge is -2.69. The van der Waals surface area contributed by atoms with Crippen LogP contribution >= 0.6 is 0 Å². The quantitative estimate of drug-likeness (QED) is 0.492. The van der Waals surface area contributed by atoms with E-state index in [-0.39, 0.29) is 63.3 Å². The zero-order chi connectivity index (χ0) is 29.8. The van der Waals surface area contributed by atoms with Crippen molar-refractivity contribution in [3.05, 3.63) is 40.7 Å². The molecule has 0 radical (unpaired) electrons. The largest absolute Gasteiger partial charge is 0.394 e. The highest BCUT2D eigenvalue weighted by Gasteiger charge is 2.70. The number of Topliss-reactive ketones (excluding diaryl/α,β-unsaturated/α-hetero) is 1. The van der Waals surface area contributed by atoms with Crippen molar-refractivity contribution in [2.75, 3.05) is 6.61 Å². The molecule has 0 aromatic carbocycles. The summed E-state index contributed by atoms with van der Waals surface area (Å²) in [6.07, 6.45) is 10.4. The number of carbonyl (C=O) groups is 2. The molecule has 220 valence electrons. The Labute approximate surface area is 243 Å². The predicted molar refractivity (Wildman–Crippen MR) is 154 cm³/mol. The average Bonchev–Trinajstić information content (AvgIpc) is 3.37. The topological polar surface area (TPSA) is 102 Å². The van der Waals surface area contributed by atoms with Crippen molar-refractivity contribution in [1.82, 2.24) is 20.2 Å². The van der Waals surface area contributed by atoms with Gasteiger partial charge in [-0.1, -0.05) is 60.1 Å². The van der Waals surface area contributed by atoms with Gasteiger partial charge in [-0.05, 0) is 84.3 Å². The molecule has 6 rings (SSSR count). The fraction of sp³-hybridized carbons (Fsp3) is 0.758. The molecule has 1 N–H and O–H groups in total. The van der Waals surface area contributed by atoms with Gasteiger partial charge in [-0.2, -0.15) is 4.80 Å². The number of aliphatic hydroxyl groups is 1. The Morgan fingerprint density at radius 2 is 1.76 bits per heavy atom. The maximum Gasteiger partial charge on any atom is 0.226 e. The molecule has 5 aliphatic carbocycles. The van der Waals surface area contributed by atoms with E-state index in [1.807, 2.05) is 26.0 Å². The molecule has 8 heteroatoms. The van der Waals surface area contributed by atoms with Gasteiger partial charge in [-0.3, -0.25) is 4.79 Å². The molecule has 0 bridgehead atoms. The number of tetrazole rings is 1. The van der Waals surface area contributed by atoms with Crippen LogP contribution in [0.4, 0.5) is 0 Å². The van der Waals surface area contributed by atoms with Gasteiger partial charge in [0, 0.05) is 22.2 Å². The summed E-state index contributed by atoms with van der Waals surface area (Å²) in [4.78, 5) is 33.1. The third kappa shape index (κ3) is 3.57. The summed E-state index contributed by atoms with van der Waals surface area (Å²) in [5.41, 5.74) is -0.578. The summed E-state index contributed by atoms with van der Waals surface area (Å²) in [6.45, 7) is 23.6. The van der Waals surface area contributed by atoms with E-state index in [1.165, 1.54) is 4.80 Å². The number of hydrogen-bond acceptors (Lipinski definition) is 6. The second kappa shape index (κ2) is 8.69. The van der Waals surface area contributed by atoms with E-state index in [4.69, 9.17) is 11.7 Å². The highest BCUT2D eigenvalue weighted by molar-refractivity contribution is 6.03. The molecule has 1 heterocycles. The molecule has 0 amide bonds. The third-order valence-electron chi connectivity index (χ3n) is 13.0. The lowest BCUT2D eigenvalue weighted by atomic mass is 9.34. The molecule has 0 unspecified atom stereocenters. The Kier molecular flexibility index (Phi) is 6.03. The molecule has 0 spiro atoms. The van der Waals surface area contributed by atoms with E-state index >= 15 is 0 Å². The zero-order valence-corrected chi connectivity index (χ0v) is 25.8. The molecule has 1 aromatic heterocycles. The van der Waals surface area contributed by atoms with E-state index < -0.39 is 10.8 Å². The second-order valence-corrected chi connectivity index (χ2v) is 15.8. The molecule has 1 aromatic rings. The van der Waals surface area contributed by atoms with Crippen LogP contribution in [0.1, 0.15) is 99.2 Å². The van der Waals surface area contributed by atoms with E-state index in [9.17, 15) is 14.7 Å². The molecule has 5 aliphatic rings. The number of hydrogen-bond donors (Lipinski definition) is 1. The molecular weight excluding hydrogens is 514 g/mol. The molecular formula is C33H45N5O3. The molecule has 3 saturated carbocycles. The Hall–Kier alpha value is -2.66. The van der Waals surface area contributed by atoms with Gasteiger partial charge < -0.3 is 9.90 Å². The normalized spacial score (nSPS) is 42.6. The van der Waals surface area contributed by atoms with Gasteiger partial charge >= 0.3 is 0 Å². The zero-order valence-electron chi connectivity index (χ0n) is 25.8.